The molecule has 7 heteroatoms. The zero-order valence-electron chi connectivity index (χ0n) is 16.1. The highest BCUT2D eigenvalue weighted by Gasteiger charge is 2.06. The largest absolute Gasteiger partial charge is 0.488 e. The smallest absolute Gasteiger partial charge is 0.349 e. The van der Waals surface area contributed by atoms with Crippen LogP contribution in [0.25, 0.3) is 10.9 Å². The zero-order valence-corrected chi connectivity index (χ0v) is 17.7. The maximum atomic E-state index is 12.5. The van der Waals surface area contributed by atoms with Crippen LogP contribution < -0.4 is 16.0 Å². The fourth-order valence-electron chi connectivity index (χ4n) is 2.94. The summed E-state index contributed by atoms with van der Waals surface area (Å²) < 4.78 is 7.43. The SMILES string of the molecule is Cc1ccc(COc2ccc(C=Nn3c(=O)[nH]c4ccccc4c3=O)cc2Br)cc1. The monoisotopic (exact) mass is 463 g/mol. The van der Waals surface area contributed by atoms with Crippen LogP contribution in [-0.2, 0) is 6.61 Å². The molecule has 150 valence electrons. The predicted molar refractivity (Wildman–Crippen MR) is 121 cm³/mol. The number of benzene rings is 3. The fourth-order valence-corrected chi connectivity index (χ4v) is 3.45. The molecule has 0 amide bonds. The van der Waals surface area contributed by atoms with Crippen molar-refractivity contribution in [1.29, 1.82) is 0 Å². The zero-order chi connectivity index (χ0) is 21.1. The van der Waals surface area contributed by atoms with E-state index in [9.17, 15) is 9.59 Å². The number of hydrogen-bond acceptors (Lipinski definition) is 4. The van der Waals surface area contributed by atoms with Crippen molar-refractivity contribution in [3.05, 3.63) is 109 Å². The number of aromatic amines is 1. The average Bonchev–Trinajstić information content (AvgIpc) is 2.74. The van der Waals surface area contributed by atoms with Crippen LogP contribution >= 0.6 is 15.9 Å². The Labute approximate surface area is 180 Å². The third-order valence-electron chi connectivity index (χ3n) is 4.58. The molecule has 30 heavy (non-hydrogen) atoms. The lowest BCUT2D eigenvalue weighted by Gasteiger charge is -2.09. The molecule has 0 atom stereocenters. The first-order valence-electron chi connectivity index (χ1n) is 9.27. The minimum absolute atomic E-state index is 0.398. The van der Waals surface area contributed by atoms with Gasteiger partial charge in [0.25, 0.3) is 5.56 Å². The summed E-state index contributed by atoms with van der Waals surface area (Å²) in [4.78, 5) is 27.4. The molecule has 0 aliphatic carbocycles. The normalized spacial score (nSPS) is 11.3. The van der Waals surface area contributed by atoms with E-state index in [1.54, 1.807) is 30.3 Å². The highest BCUT2D eigenvalue weighted by molar-refractivity contribution is 9.10. The highest BCUT2D eigenvalue weighted by atomic mass is 79.9. The summed E-state index contributed by atoms with van der Waals surface area (Å²) >= 11 is 3.50. The molecule has 0 bridgehead atoms. The van der Waals surface area contributed by atoms with E-state index in [4.69, 9.17) is 4.74 Å². The van der Waals surface area contributed by atoms with E-state index >= 15 is 0 Å². The van der Waals surface area contributed by atoms with E-state index in [0.29, 0.717) is 28.8 Å². The van der Waals surface area contributed by atoms with Gasteiger partial charge in [0.05, 0.1) is 21.6 Å². The summed E-state index contributed by atoms with van der Waals surface area (Å²) in [5.74, 6) is 0.688. The maximum Gasteiger partial charge on any atom is 0.349 e. The first-order chi connectivity index (χ1) is 14.5. The molecular formula is C23H18BrN3O3. The number of nitrogens with zero attached hydrogens (tertiary/aromatic N) is 2. The van der Waals surface area contributed by atoms with Gasteiger partial charge in [-0.2, -0.15) is 5.10 Å². The van der Waals surface area contributed by atoms with Gasteiger partial charge < -0.3 is 9.72 Å². The molecule has 1 N–H and O–H groups in total. The van der Waals surface area contributed by atoms with Crippen LogP contribution in [0, 0.1) is 6.92 Å². The van der Waals surface area contributed by atoms with Gasteiger partial charge in [-0.05, 0) is 64.3 Å². The first-order valence-corrected chi connectivity index (χ1v) is 10.1. The number of fused-ring (bicyclic) bond motifs is 1. The summed E-state index contributed by atoms with van der Waals surface area (Å²) in [5, 5.41) is 4.47. The molecule has 4 rings (SSSR count). The molecule has 0 spiro atoms. The van der Waals surface area contributed by atoms with Crippen LogP contribution in [0.5, 0.6) is 5.75 Å². The summed E-state index contributed by atoms with van der Waals surface area (Å²) in [7, 11) is 0. The second-order valence-corrected chi connectivity index (χ2v) is 7.66. The molecular weight excluding hydrogens is 446 g/mol. The molecule has 0 saturated carbocycles. The Morgan fingerprint density at radius 2 is 1.83 bits per heavy atom. The van der Waals surface area contributed by atoms with E-state index < -0.39 is 11.2 Å². The van der Waals surface area contributed by atoms with Crippen molar-refractivity contribution in [2.75, 3.05) is 0 Å². The van der Waals surface area contributed by atoms with Crippen molar-refractivity contribution in [2.45, 2.75) is 13.5 Å². The van der Waals surface area contributed by atoms with Gasteiger partial charge in [0, 0.05) is 0 Å². The van der Waals surface area contributed by atoms with Crippen LogP contribution in [0.1, 0.15) is 16.7 Å². The molecule has 6 nitrogen and oxygen atoms in total. The van der Waals surface area contributed by atoms with Gasteiger partial charge in [0.2, 0.25) is 0 Å². The van der Waals surface area contributed by atoms with Gasteiger partial charge in [0.1, 0.15) is 12.4 Å². The van der Waals surface area contributed by atoms with Crippen LogP contribution in [0.15, 0.2) is 85.9 Å². The maximum absolute atomic E-state index is 12.5. The van der Waals surface area contributed by atoms with Crippen molar-refractivity contribution in [2.24, 2.45) is 5.10 Å². The number of hydrogen-bond donors (Lipinski definition) is 1. The van der Waals surface area contributed by atoms with E-state index in [0.717, 1.165) is 14.7 Å². The summed E-state index contributed by atoms with van der Waals surface area (Å²) in [6.07, 6.45) is 1.46. The van der Waals surface area contributed by atoms with E-state index in [1.807, 2.05) is 43.3 Å². The number of aromatic nitrogens is 2. The van der Waals surface area contributed by atoms with Crippen LogP contribution in [0.2, 0.25) is 0 Å². The van der Waals surface area contributed by atoms with Gasteiger partial charge in [0.15, 0.2) is 0 Å². The number of rotatable bonds is 5. The standard InChI is InChI=1S/C23H18BrN3O3/c1-15-6-8-16(9-7-15)14-30-21-11-10-17(12-19(21)24)13-25-27-22(28)18-4-2-3-5-20(18)26-23(27)29/h2-13H,14H2,1H3,(H,26,29). The van der Waals surface area contributed by atoms with Crippen molar-refractivity contribution in [3.8, 4) is 5.75 Å². The molecule has 4 aromatic rings. The molecule has 1 heterocycles. The Bertz CT molecular complexity index is 1350. The Morgan fingerprint density at radius 1 is 1.07 bits per heavy atom. The summed E-state index contributed by atoms with van der Waals surface area (Å²) in [6.45, 7) is 2.50. The van der Waals surface area contributed by atoms with Crippen LogP contribution in [0.3, 0.4) is 0 Å². The van der Waals surface area contributed by atoms with Crippen molar-refractivity contribution >= 4 is 33.0 Å². The fraction of sp³-hybridized carbons (Fsp3) is 0.0870. The Kier molecular flexibility index (Phi) is 5.63. The Balaban J connectivity index is 1.54. The highest BCUT2D eigenvalue weighted by Crippen LogP contribution is 2.26. The van der Waals surface area contributed by atoms with Crippen molar-refractivity contribution < 1.29 is 4.74 Å². The van der Waals surface area contributed by atoms with E-state index in [-0.39, 0.29) is 0 Å². The molecule has 0 unspecified atom stereocenters. The van der Waals surface area contributed by atoms with E-state index in [1.165, 1.54) is 11.8 Å². The quantitative estimate of drug-likeness (QED) is 0.450. The molecule has 0 aliphatic heterocycles. The number of para-hydroxylation sites is 1. The summed E-state index contributed by atoms with van der Waals surface area (Å²) in [6, 6.07) is 20.4. The molecule has 0 saturated heterocycles. The topological polar surface area (TPSA) is 76.5 Å². The number of halogens is 1. The first kappa shape index (κ1) is 19.8. The van der Waals surface area contributed by atoms with Crippen molar-refractivity contribution in [3.63, 3.8) is 0 Å². The van der Waals surface area contributed by atoms with Crippen LogP contribution in [-0.4, -0.2) is 15.9 Å². The predicted octanol–water partition coefficient (Wildman–Crippen LogP) is 4.22. The Morgan fingerprint density at radius 3 is 2.60 bits per heavy atom. The Hall–Kier alpha value is -3.45. The molecule has 0 aliphatic rings. The van der Waals surface area contributed by atoms with Gasteiger partial charge in [-0.3, -0.25) is 4.79 Å². The van der Waals surface area contributed by atoms with Crippen LogP contribution in [0.4, 0.5) is 0 Å². The lowest BCUT2D eigenvalue weighted by molar-refractivity contribution is 0.304. The van der Waals surface area contributed by atoms with Crippen molar-refractivity contribution in [1.82, 2.24) is 9.66 Å². The molecule has 1 aromatic heterocycles. The molecule has 0 radical (unpaired) electrons. The minimum Gasteiger partial charge on any atom is -0.488 e. The second kappa shape index (κ2) is 8.51. The summed E-state index contributed by atoms with van der Waals surface area (Å²) in [5.41, 5.74) is 2.41. The number of aryl methyl sites for hydroxylation is 1. The van der Waals surface area contributed by atoms with Gasteiger partial charge in [-0.1, -0.05) is 42.0 Å². The molecule has 3 aromatic carbocycles. The van der Waals surface area contributed by atoms with Gasteiger partial charge >= 0.3 is 5.69 Å². The average molecular weight is 464 g/mol. The number of H-pyrrole nitrogens is 1. The third-order valence-corrected chi connectivity index (χ3v) is 5.20. The molecule has 0 fully saturated rings. The lowest BCUT2D eigenvalue weighted by atomic mass is 10.2. The minimum atomic E-state index is -0.591. The third kappa shape index (κ3) is 4.26. The van der Waals surface area contributed by atoms with Gasteiger partial charge in [-0.15, -0.1) is 4.68 Å². The van der Waals surface area contributed by atoms with E-state index in [2.05, 4.69) is 26.0 Å². The lowest BCUT2D eigenvalue weighted by Crippen LogP contribution is -2.32. The van der Waals surface area contributed by atoms with Gasteiger partial charge in [-0.25, -0.2) is 4.79 Å². The number of ether oxygens (including phenoxy) is 1. The second-order valence-electron chi connectivity index (χ2n) is 6.80. The number of nitrogens with one attached hydrogen (secondary N) is 1.